The minimum Gasteiger partial charge on any atom is -0.323 e. The number of carbonyl (C=O) groups excluding carboxylic acids is 1. The minimum absolute atomic E-state index is 0.158. The van der Waals surface area contributed by atoms with Crippen LogP contribution in [0.4, 0.5) is 5.69 Å². The van der Waals surface area contributed by atoms with Gasteiger partial charge >= 0.3 is 0 Å². The SMILES string of the molecule is CN(Cc1ccccc1)S(=O)(=O)c1ccc(NC(=O)/C=C/c2ccccc2Cl)cc1. The van der Waals surface area contributed by atoms with E-state index in [1.165, 1.54) is 29.6 Å². The zero-order valence-electron chi connectivity index (χ0n) is 16.3. The summed E-state index contributed by atoms with van der Waals surface area (Å²) in [4.78, 5) is 12.3. The zero-order chi connectivity index (χ0) is 21.6. The molecular formula is C23H21ClN2O3S. The van der Waals surface area contributed by atoms with Crippen LogP contribution in [0.3, 0.4) is 0 Å². The van der Waals surface area contributed by atoms with Crippen molar-refractivity contribution in [2.75, 3.05) is 12.4 Å². The molecule has 3 rings (SSSR count). The Morgan fingerprint density at radius 3 is 2.27 bits per heavy atom. The van der Waals surface area contributed by atoms with Gasteiger partial charge in [0.05, 0.1) is 4.90 Å². The molecule has 0 saturated heterocycles. The molecule has 3 aromatic carbocycles. The lowest BCUT2D eigenvalue weighted by atomic mass is 10.2. The topological polar surface area (TPSA) is 66.5 Å². The van der Waals surface area contributed by atoms with E-state index in [1.54, 1.807) is 30.3 Å². The molecule has 0 spiro atoms. The minimum atomic E-state index is -3.64. The number of nitrogens with zero attached hydrogens (tertiary/aromatic N) is 1. The number of hydrogen-bond donors (Lipinski definition) is 1. The molecule has 7 heteroatoms. The number of sulfonamides is 1. The molecule has 0 saturated carbocycles. The van der Waals surface area contributed by atoms with E-state index in [-0.39, 0.29) is 17.3 Å². The highest BCUT2D eigenvalue weighted by atomic mass is 35.5. The lowest BCUT2D eigenvalue weighted by Crippen LogP contribution is -2.26. The van der Waals surface area contributed by atoms with Crippen LogP contribution in [0.1, 0.15) is 11.1 Å². The molecule has 0 aliphatic carbocycles. The Bertz CT molecular complexity index is 1140. The molecule has 5 nitrogen and oxygen atoms in total. The summed E-state index contributed by atoms with van der Waals surface area (Å²) < 4.78 is 26.8. The van der Waals surface area contributed by atoms with E-state index < -0.39 is 10.0 Å². The van der Waals surface area contributed by atoms with Gasteiger partial charge in [0.1, 0.15) is 0 Å². The molecule has 30 heavy (non-hydrogen) atoms. The summed E-state index contributed by atoms with van der Waals surface area (Å²) in [5, 5.41) is 3.25. The monoisotopic (exact) mass is 440 g/mol. The van der Waals surface area contributed by atoms with Crippen LogP contribution >= 0.6 is 11.6 Å². The maximum absolute atomic E-state index is 12.8. The van der Waals surface area contributed by atoms with E-state index in [9.17, 15) is 13.2 Å². The molecule has 0 aromatic heterocycles. The van der Waals surface area contributed by atoms with Gasteiger partial charge in [-0.25, -0.2) is 8.42 Å². The summed E-state index contributed by atoms with van der Waals surface area (Å²) in [6, 6.07) is 22.6. The Kier molecular flexibility index (Phi) is 7.05. The molecular weight excluding hydrogens is 420 g/mol. The smallest absolute Gasteiger partial charge is 0.248 e. The second-order valence-corrected chi connectivity index (χ2v) is 9.07. The number of benzene rings is 3. The molecule has 0 aliphatic heterocycles. The van der Waals surface area contributed by atoms with Crippen molar-refractivity contribution in [2.24, 2.45) is 0 Å². The van der Waals surface area contributed by atoms with Crippen molar-refractivity contribution in [3.05, 3.63) is 101 Å². The van der Waals surface area contributed by atoms with Crippen LogP contribution in [0, 0.1) is 0 Å². The Morgan fingerprint density at radius 1 is 0.967 bits per heavy atom. The highest BCUT2D eigenvalue weighted by Gasteiger charge is 2.20. The average Bonchev–Trinajstić information content (AvgIpc) is 2.74. The number of nitrogens with one attached hydrogen (secondary N) is 1. The average molecular weight is 441 g/mol. The predicted octanol–water partition coefficient (Wildman–Crippen LogP) is 4.81. The summed E-state index contributed by atoms with van der Waals surface area (Å²) in [5.41, 5.74) is 2.13. The molecule has 0 bridgehead atoms. The molecule has 0 fully saturated rings. The molecule has 1 N–H and O–H groups in total. The third-order valence-corrected chi connectivity index (χ3v) is 6.56. The van der Waals surface area contributed by atoms with Crippen LogP contribution in [-0.2, 0) is 21.4 Å². The van der Waals surface area contributed by atoms with Gasteiger partial charge in [-0.1, -0.05) is 60.1 Å². The van der Waals surface area contributed by atoms with Crippen molar-refractivity contribution >= 4 is 39.3 Å². The van der Waals surface area contributed by atoms with Gasteiger partial charge < -0.3 is 5.32 Å². The summed E-state index contributed by atoms with van der Waals surface area (Å²) in [5.74, 6) is -0.341. The number of carbonyl (C=O) groups is 1. The first-order valence-electron chi connectivity index (χ1n) is 9.20. The summed E-state index contributed by atoms with van der Waals surface area (Å²) in [7, 11) is -2.10. The highest BCUT2D eigenvalue weighted by Crippen LogP contribution is 2.20. The summed E-state index contributed by atoms with van der Waals surface area (Å²) in [6.07, 6.45) is 2.99. The Hall–Kier alpha value is -2.93. The molecule has 0 atom stereocenters. The van der Waals surface area contributed by atoms with Crippen molar-refractivity contribution in [2.45, 2.75) is 11.4 Å². The van der Waals surface area contributed by atoms with E-state index in [1.807, 2.05) is 42.5 Å². The molecule has 0 aliphatic rings. The van der Waals surface area contributed by atoms with Crippen LogP contribution in [0.2, 0.25) is 5.02 Å². The van der Waals surface area contributed by atoms with Crippen LogP contribution < -0.4 is 5.32 Å². The third kappa shape index (κ3) is 5.57. The molecule has 1 amide bonds. The predicted molar refractivity (Wildman–Crippen MR) is 121 cm³/mol. The fraction of sp³-hybridized carbons (Fsp3) is 0.0870. The number of amides is 1. The van der Waals surface area contributed by atoms with Crippen molar-refractivity contribution in [1.82, 2.24) is 4.31 Å². The molecule has 0 unspecified atom stereocenters. The highest BCUT2D eigenvalue weighted by molar-refractivity contribution is 7.89. The van der Waals surface area contributed by atoms with Gasteiger partial charge in [-0.3, -0.25) is 4.79 Å². The van der Waals surface area contributed by atoms with E-state index in [2.05, 4.69) is 5.32 Å². The lowest BCUT2D eigenvalue weighted by Gasteiger charge is -2.17. The second kappa shape index (κ2) is 9.71. The van der Waals surface area contributed by atoms with Crippen LogP contribution in [0.25, 0.3) is 6.08 Å². The summed E-state index contributed by atoms with van der Waals surface area (Å²) in [6.45, 7) is 0.272. The largest absolute Gasteiger partial charge is 0.323 e. The van der Waals surface area contributed by atoms with E-state index in [0.29, 0.717) is 10.7 Å². The van der Waals surface area contributed by atoms with Crippen molar-refractivity contribution in [3.8, 4) is 0 Å². The molecule has 0 radical (unpaired) electrons. The Balaban J connectivity index is 1.65. The number of hydrogen-bond acceptors (Lipinski definition) is 3. The van der Waals surface area contributed by atoms with Crippen molar-refractivity contribution < 1.29 is 13.2 Å². The van der Waals surface area contributed by atoms with Gasteiger partial charge in [0, 0.05) is 30.4 Å². The van der Waals surface area contributed by atoms with Crippen LogP contribution in [0.15, 0.2) is 89.8 Å². The molecule has 154 valence electrons. The zero-order valence-corrected chi connectivity index (χ0v) is 17.9. The maximum Gasteiger partial charge on any atom is 0.248 e. The lowest BCUT2D eigenvalue weighted by molar-refractivity contribution is -0.111. The van der Waals surface area contributed by atoms with Crippen molar-refractivity contribution in [3.63, 3.8) is 0 Å². The first-order chi connectivity index (χ1) is 14.4. The Labute approximate surface area is 181 Å². The Morgan fingerprint density at radius 2 is 1.60 bits per heavy atom. The van der Waals surface area contributed by atoms with Gasteiger partial charge in [0.25, 0.3) is 0 Å². The number of halogens is 1. The van der Waals surface area contributed by atoms with Crippen LogP contribution in [-0.4, -0.2) is 25.7 Å². The summed E-state index contributed by atoms with van der Waals surface area (Å²) >= 11 is 6.06. The second-order valence-electron chi connectivity index (χ2n) is 6.62. The van der Waals surface area contributed by atoms with E-state index >= 15 is 0 Å². The maximum atomic E-state index is 12.8. The normalized spacial score (nSPS) is 11.7. The standard InChI is InChI=1S/C23H21ClN2O3S/c1-26(17-18-7-3-2-4-8-18)30(28,29)21-14-12-20(13-15-21)25-23(27)16-11-19-9-5-6-10-22(19)24/h2-16H,17H2,1H3,(H,25,27)/b16-11+. The number of rotatable bonds is 7. The van der Waals surface area contributed by atoms with Crippen LogP contribution in [0.5, 0.6) is 0 Å². The molecule has 3 aromatic rings. The first kappa shape index (κ1) is 21.8. The van der Waals surface area contributed by atoms with Gasteiger partial charge in [-0.15, -0.1) is 0 Å². The van der Waals surface area contributed by atoms with E-state index in [0.717, 1.165) is 11.1 Å². The van der Waals surface area contributed by atoms with Crippen molar-refractivity contribution in [1.29, 1.82) is 0 Å². The van der Waals surface area contributed by atoms with Gasteiger partial charge in [0.15, 0.2) is 0 Å². The first-order valence-corrected chi connectivity index (χ1v) is 11.0. The van der Waals surface area contributed by atoms with Gasteiger partial charge in [0.2, 0.25) is 15.9 Å². The van der Waals surface area contributed by atoms with E-state index in [4.69, 9.17) is 11.6 Å². The third-order valence-electron chi connectivity index (χ3n) is 4.40. The number of anilines is 1. The fourth-order valence-electron chi connectivity index (χ4n) is 2.78. The molecule has 0 heterocycles. The fourth-order valence-corrected chi connectivity index (χ4v) is 4.13. The van der Waals surface area contributed by atoms with Gasteiger partial charge in [-0.2, -0.15) is 4.31 Å². The van der Waals surface area contributed by atoms with Gasteiger partial charge in [-0.05, 0) is 47.5 Å². The quantitative estimate of drug-likeness (QED) is 0.536.